The van der Waals surface area contributed by atoms with Gasteiger partial charge in [-0.15, -0.1) is 11.3 Å². The number of esters is 1. The number of hydrogen-bond acceptors (Lipinski definition) is 6. The third-order valence-corrected chi connectivity index (χ3v) is 5.83. The van der Waals surface area contributed by atoms with Gasteiger partial charge in [0, 0.05) is 4.70 Å². The Kier molecular flexibility index (Phi) is 4.83. The van der Waals surface area contributed by atoms with Crippen molar-refractivity contribution in [2.45, 2.75) is 19.4 Å². The van der Waals surface area contributed by atoms with Crippen LogP contribution in [0.3, 0.4) is 0 Å². The SMILES string of the molecule is Cc1c(C(=O)COC(=O)C[C@H]2Oc3ccccc3NC2=O)sc2ccccc12. The van der Waals surface area contributed by atoms with E-state index in [1.54, 1.807) is 24.3 Å². The third-order valence-electron chi connectivity index (χ3n) is 4.52. The minimum atomic E-state index is -0.983. The Balaban J connectivity index is 1.37. The Labute approximate surface area is 165 Å². The molecule has 0 saturated carbocycles. The number of carbonyl (C=O) groups excluding carboxylic acids is 3. The number of fused-ring (bicyclic) bond motifs is 2. The number of anilines is 1. The summed E-state index contributed by atoms with van der Waals surface area (Å²) in [7, 11) is 0. The second-order valence-electron chi connectivity index (χ2n) is 6.43. The van der Waals surface area contributed by atoms with Crippen LogP contribution in [0.1, 0.15) is 21.7 Å². The van der Waals surface area contributed by atoms with Crippen LogP contribution in [0.5, 0.6) is 5.75 Å². The van der Waals surface area contributed by atoms with Gasteiger partial charge in [-0.1, -0.05) is 30.3 Å². The molecule has 0 aliphatic carbocycles. The molecule has 1 aliphatic rings. The van der Waals surface area contributed by atoms with Gasteiger partial charge >= 0.3 is 5.97 Å². The van der Waals surface area contributed by atoms with Crippen molar-refractivity contribution in [3.05, 3.63) is 59.0 Å². The highest BCUT2D eigenvalue weighted by atomic mass is 32.1. The van der Waals surface area contributed by atoms with Gasteiger partial charge in [-0.05, 0) is 36.1 Å². The van der Waals surface area contributed by atoms with Crippen LogP contribution in [0.25, 0.3) is 10.1 Å². The molecular weight excluding hydrogens is 378 g/mol. The average Bonchev–Trinajstić information content (AvgIpc) is 3.04. The number of Topliss-reactive ketones (excluding diaryl/α,β-unsaturated/α-hetero) is 1. The number of hydrogen-bond donors (Lipinski definition) is 1. The molecule has 0 bridgehead atoms. The lowest BCUT2D eigenvalue weighted by Crippen LogP contribution is -2.39. The highest BCUT2D eigenvalue weighted by Gasteiger charge is 2.30. The summed E-state index contributed by atoms with van der Waals surface area (Å²) >= 11 is 1.38. The average molecular weight is 395 g/mol. The monoisotopic (exact) mass is 395 g/mol. The molecular formula is C21H17NO5S. The maximum Gasteiger partial charge on any atom is 0.310 e. The number of thiophene rings is 1. The summed E-state index contributed by atoms with van der Waals surface area (Å²) in [6.45, 7) is 1.52. The van der Waals surface area contributed by atoms with Crippen molar-refractivity contribution in [1.29, 1.82) is 0 Å². The van der Waals surface area contributed by atoms with Crippen LogP contribution in [-0.4, -0.2) is 30.4 Å². The number of amides is 1. The molecule has 3 aromatic rings. The van der Waals surface area contributed by atoms with E-state index < -0.39 is 18.0 Å². The van der Waals surface area contributed by atoms with Gasteiger partial charge in [0.2, 0.25) is 5.78 Å². The highest BCUT2D eigenvalue weighted by molar-refractivity contribution is 7.21. The van der Waals surface area contributed by atoms with Crippen LogP contribution >= 0.6 is 11.3 Å². The van der Waals surface area contributed by atoms with Crippen molar-refractivity contribution in [2.75, 3.05) is 11.9 Å². The van der Waals surface area contributed by atoms with Crippen LogP contribution in [0.15, 0.2) is 48.5 Å². The minimum absolute atomic E-state index is 0.258. The normalized spacial score (nSPS) is 15.5. The van der Waals surface area contributed by atoms with Gasteiger partial charge in [-0.3, -0.25) is 14.4 Å². The van der Waals surface area contributed by atoms with Crippen molar-refractivity contribution in [3.63, 3.8) is 0 Å². The Morgan fingerprint density at radius 2 is 1.89 bits per heavy atom. The van der Waals surface area contributed by atoms with Gasteiger partial charge in [0.25, 0.3) is 5.91 Å². The molecule has 28 heavy (non-hydrogen) atoms. The fraction of sp³-hybridized carbons (Fsp3) is 0.190. The van der Waals surface area contributed by atoms with Gasteiger partial charge in [0.15, 0.2) is 12.7 Å². The molecule has 1 atom stereocenters. The fourth-order valence-electron chi connectivity index (χ4n) is 3.09. The first-order chi connectivity index (χ1) is 13.5. The maximum absolute atomic E-state index is 12.5. The lowest BCUT2D eigenvalue weighted by atomic mass is 10.1. The van der Waals surface area contributed by atoms with E-state index in [0.29, 0.717) is 16.3 Å². The first kappa shape index (κ1) is 18.2. The van der Waals surface area contributed by atoms with Gasteiger partial charge in [-0.2, -0.15) is 0 Å². The zero-order valence-corrected chi connectivity index (χ0v) is 15.9. The van der Waals surface area contributed by atoms with E-state index in [0.717, 1.165) is 15.6 Å². The number of nitrogens with one attached hydrogen (secondary N) is 1. The Hall–Kier alpha value is -3.19. The number of ketones is 1. The van der Waals surface area contributed by atoms with Crippen LogP contribution in [-0.2, 0) is 14.3 Å². The topological polar surface area (TPSA) is 81.7 Å². The lowest BCUT2D eigenvalue weighted by molar-refractivity contribution is -0.146. The van der Waals surface area contributed by atoms with Crippen LogP contribution < -0.4 is 10.1 Å². The van der Waals surface area contributed by atoms with Crippen molar-refractivity contribution in [1.82, 2.24) is 0 Å². The molecule has 7 heteroatoms. The molecule has 1 aliphatic heterocycles. The predicted molar refractivity (Wildman–Crippen MR) is 106 cm³/mol. The molecule has 0 saturated heterocycles. The molecule has 0 unspecified atom stereocenters. The molecule has 6 nitrogen and oxygen atoms in total. The second kappa shape index (κ2) is 7.44. The zero-order valence-electron chi connectivity index (χ0n) is 15.1. The van der Waals surface area contributed by atoms with E-state index in [1.807, 2.05) is 31.2 Å². The number of benzene rings is 2. The summed E-state index contributed by atoms with van der Waals surface area (Å²) in [6.07, 6.45) is -1.25. The maximum atomic E-state index is 12.5. The Morgan fingerprint density at radius 3 is 2.71 bits per heavy atom. The number of ether oxygens (including phenoxy) is 2. The zero-order chi connectivity index (χ0) is 19.7. The third kappa shape index (κ3) is 3.48. The van der Waals surface area contributed by atoms with Gasteiger partial charge in [0.1, 0.15) is 5.75 Å². The number of rotatable bonds is 5. The smallest absolute Gasteiger partial charge is 0.310 e. The van der Waals surface area contributed by atoms with E-state index in [9.17, 15) is 14.4 Å². The molecule has 0 spiro atoms. The van der Waals surface area contributed by atoms with Gasteiger partial charge in [0.05, 0.1) is 17.0 Å². The first-order valence-electron chi connectivity index (χ1n) is 8.76. The molecule has 2 heterocycles. The summed E-state index contributed by atoms with van der Waals surface area (Å²) in [4.78, 5) is 37.3. The molecule has 4 rings (SSSR count). The van der Waals surface area contributed by atoms with E-state index in [4.69, 9.17) is 9.47 Å². The molecule has 1 N–H and O–H groups in total. The predicted octanol–water partition coefficient (Wildman–Crippen LogP) is 3.73. The quantitative estimate of drug-likeness (QED) is 0.526. The summed E-state index contributed by atoms with van der Waals surface area (Å²) in [5.74, 6) is -0.836. The summed E-state index contributed by atoms with van der Waals surface area (Å²) in [5, 5.41) is 3.71. The Bertz CT molecular complexity index is 1090. The molecule has 1 amide bonds. The summed E-state index contributed by atoms with van der Waals surface area (Å²) in [5.41, 5.74) is 1.45. The molecule has 0 fully saturated rings. The van der Waals surface area contributed by atoms with Crippen molar-refractivity contribution >= 4 is 44.8 Å². The Morgan fingerprint density at radius 1 is 1.14 bits per heavy atom. The number of para-hydroxylation sites is 2. The molecule has 1 aromatic heterocycles. The number of aryl methyl sites for hydroxylation is 1. The second-order valence-corrected chi connectivity index (χ2v) is 7.48. The van der Waals surface area contributed by atoms with E-state index in [2.05, 4.69) is 5.32 Å². The van der Waals surface area contributed by atoms with E-state index >= 15 is 0 Å². The van der Waals surface area contributed by atoms with Crippen molar-refractivity contribution in [2.24, 2.45) is 0 Å². The van der Waals surface area contributed by atoms with E-state index in [1.165, 1.54) is 11.3 Å². The van der Waals surface area contributed by atoms with Gasteiger partial charge < -0.3 is 14.8 Å². The highest BCUT2D eigenvalue weighted by Crippen LogP contribution is 2.31. The molecule has 2 aromatic carbocycles. The van der Waals surface area contributed by atoms with Crippen molar-refractivity contribution < 1.29 is 23.9 Å². The fourth-order valence-corrected chi connectivity index (χ4v) is 4.22. The van der Waals surface area contributed by atoms with Crippen LogP contribution in [0.2, 0.25) is 0 Å². The lowest BCUT2D eigenvalue weighted by Gasteiger charge is -2.25. The summed E-state index contributed by atoms with van der Waals surface area (Å²) < 4.78 is 11.7. The first-order valence-corrected chi connectivity index (χ1v) is 9.58. The number of carbonyl (C=O) groups is 3. The summed E-state index contributed by atoms with van der Waals surface area (Å²) in [6, 6.07) is 14.7. The molecule has 0 radical (unpaired) electrons. The largest absolute Gasteiger partial charge is 0.478 e. The van der Waals surface area contributed by atoms with Crippen LogP contribution in [0.4, 0.5) is 5.69 Å². The standard InChI is InChI=1S/C21H17NO5S/c1-12-13-6-2-5-9-18(13)28-20(12)15(23)11-26-19(24)10-17-21(25)22-14-7-3-4-8-16(14)27-17/h2-9,17H,10-11H2,1H3,(H,22,25)/t17-/m1/s1. The van der Waals surface area contributed by atoms with E-state index in [-0.39, 0.29) is 18.8 Å². The van der Waals surface area contributed by atoms with Crippen LogP contribution in [0, 0.1) is 6.92 Å². The molecule has 142 valence electrons. The van der Waals surface area contributed by atoms with Gasteiger partial charge in [-0.25, -0.2) is 0 Å². The minimum Gasteiger partial charge on any atom is -0.478 e. The van der Waals surface area contributed by atoms with Crippen molar-refractivity contribution in [3.8, 4) is 5.75 Å².